The molecule has 1 heterocycles. The van der Waals surface area contributed by atoms with Crippen LogP contribution in [0, 0.1) is 0 Å². The highest BCUT2D eigenvalue weighted by atomic mass is 16.5. The fourth-order valence-electron chi connectivity index (χ4n) is 3.20. The SMILES string of the molecule is COc1ccc(OC)c(NC(=O)[C@H](C)Oc2ccc(-c3cnc4ccccc4n3)cc2)c1. The molecule has 1 atom stereocenters. The van der Waals surface area contributed by atoms with Gasteiger partial charge in [-0.3, -0.25) is 9.78 Å². The molecule has 0 bridgehead atoms. The van der Waals surface area contributed by atoms with Gasteiger partial charge in [-0.1, -0.05) is 12.1 Å². The van der Waals surface area contributed by atoms with E-state index in [4.69, 9.17) is 14.2 Å². The molecule has 0 radical (unpaired) electrons. The van der Waals surface area contributed by atoms with Crippen LogP contribution in [0.3, 0.4) is 0 Å². The van der Waals surface area contributed by atoms with Crippen molar-refractivity contribution in [1.82, 2.24) is 9.97 Å². The summed E-state index contributed by atoms with van der Waals surface area (Å²) in [5, 5.41) is 2.82. The summed E-state index contributed by atoms with van der Waals surface area (Å²) in [5.74, 6) is 1.41. The fraction of sp³-hybridized carbons (Fsp3) is 0.160. The van der Waals surface area contributed by atoms with E-state index in [1.165, 1.54) is 0 Å². The second-order valence-electron chi connectivity index (χ2n) is 7.08. The number of carbonyl (C=O) groups excluding carboxylic acids is 1. The maximum absolute atomic E-state index is 12.6. The van der Waals surface area contributed by atoms with Crippen molar-refractivity contribution in [3.05, 3.63) is 72.9 Å². The fourth-order valence-corrected chi connectivity index (χ4v) is 3.20. The molecule has 0 fully saturated rings. The molecule has 0 aliphatic heterocycles. The van der Waals surface area contributed by atoms with E-state index in [1.54, 1.807) is 45.5 Å². The minimum Gasteiger partial charge on any atom is -0.497 e. The summed E-state index contributed by atoms with van der Waals surface area (Å²) in [6.07, 6.45) is 1.02. The summed E-state index contributed by atoms with van der Waals surface area (Å²) in [5.41, 5.74) is 3.88. The lowest BCUT2D eigenvalue weighted by molar-refractivity contribution is -0.122. The van der Waals surface area contributed by atoms with Crippen molar-refractivity contribution < 1.29 is 19.0 Å². The van der Waals surface area contributed by atoms with Crippen molar-refractivity contribution in [2.24, 2.45) is 0 Å². The third-order valence-corrected chi connectivity index (χ3v) is 4.95. The number of methoxy groups -OCH3 is 2. The van der Waals surface area contributed by atoms with Gasteiger partial charge < -0.3 is 19.5 Å². The zero-order chi connectivity index (χ0) is 22.5. The zero-order valence-electron chi connectivity index (χ0n) is 18.0. The van der Waals surface area contributed by atoms with E-state index in [2.05, 4.69) is 15.3 Å². The van der Waals surface area contributed by atoms with Crippen LogP contribution in [0.25, 0.3) is 22.3 Å². The molecule has 4 aromatic rings. The lowest BCUT2D eigenvalue weighted by Gasteiger charge is -2.17. The average molecular weight is 429 g/mol. The lowest BCUT2D eigenvalue weighted by atomic mass is 10.1. The number of hydrogen-bond donors (Lipinski definition) is 1. The Morgan fingerprint density at radius 2 is 1.62 bits per heavy atom. The van der Waals surface area contributed by atoms with Crippen LogP contribution < -0.4 is 19.5 Å². The highest BCUT2D eigenvalue weighted by Crippen LogP contribution is 2.29. The predicted octanol–water partition coefficient (Wildman–Crippen LogP) is 4.72. The molecule has 4 rings (SSSR count). The molecule has 3 aromatic carbocycles. The quantitative estimate of drug-likeness (QED) is 0.458. The van der Waals surface area contributed by atoms with E-state index in [-0.39, 0.29) is 5.91 Å². The molecule has 7 heteroatoms. The third kappa shape index (κ3) is 4.62. The Morgan fingerprint density at radius 3 is 2.34 bits per heavy atom. The van der Waals surface area contributed by atoms with E-state index in [0.717, 1.165) is 22.3 Å². The van der Waals surface area contributed by atoms with Crippen molar-refractivity contribution in [3.63, 3.8) is 0 Å². The van der Waals surface area contributed by atoms with Crippen molar-refractivity contribution in [1.29, 1.82) is 0 Å². The number of hydrogen-bond acceptors (Lipinski definition) is 6. The summed E-state index contributed by atoms with van der Waals surface area (Å²) in [4.78, 5) is 21.8. The maximum Gasteiger partial charge on any atom is 0.265 e. The van der Waals surface area contributed by atoms with Gasteiger partial charge in [0.2, 0.25) is 0 Å². The number of nitrogens with one attached hydrogen (secondary N) is 1. The van der Waals surface area contributed by atoms with E-state index in [9.17, 15) is 4.79 Å². The van der Waals surface area contributed by atoms with Gasteiger partial charge >= 0.3 is 0 Å². The Hall–Kier alpha value is -4.13. The molecule has 162 valence electrons. The van der Waals surface area contributed by atoms with E-state index < -0.39 is 6.10 Å². The summed E-state index contributed by atoms with van der Waals surface area (Å²) < 4.78 is 16.3. The molecule has 0 saturated carbocycles. The monoisotopic (exact) mass is 429 g/mol. The van der Waals surface area contributed by atoms with Gasteiger partial charge in [-0.05, 0) is 55.5 Å². The van der Waals surface area contributed by atoms with E-state index >= 15 is 0 Å². The second-order valence-corrected chi connectivity index (χ2v) is 7.08. The number of nitrogens with zero attached hydrogens (tertiary/aromatic N) is 2. The Balaban J connectivity index is 1.44. The summed E-state index contributed by atoms with van der Waals surface area (Å²) >= 11 is 0. The molecule has 0 unspecified atom stereocenters. The van der Waals surface area contributed by atoms with Crippen molar-refractivity contribution in [3.8, 4) is 28.5 Å². The average Bonchev–Trinajstić information content (AvgIpc) is 2.84. The molecule has 1 aromatic heterocycles. The van der Waals surface area contributed by atoms with Gasteiger partial charge in [0.15, 0.2) is 6.10 Å². The van der Waals surface area contributed by atoms with Gasteiger partial charge in [-0.15, -0.1) is 0 Å². The number of aromatic nitrogens is 2. The van der Waals surface area contributed by atoms with Crippen molar-refractivity contribution in [2.75, 3.05) is 19.5 Å². The number of ether oxygens (including phenoxy) is 3. The Kier molecular flexibility index (Phi) is 6.17. The Bertz CT molecular complexity index is 1240. The Labute approximate surface area is 186 Å². The number of para-hydroxylation sites is 2. The van der Waals surface area contributed by atoms with Crippen LogP contribution in [-0.4, -0.2) is 36.2 Å². The first-order valence-corrected chi connectivity index (χ1v) is 10.1. The summed E-state index contributed by atoms with van der Waals surface area (Å²) in [6, 6.07) is 20.3. The van der Waals surface area contributed by atoms with Gasteiger partial charge in [-0.25, -0.2) is 4.98 Å². The summed E-state index contributed by atoms with van der Waals surface area (Å²) in [6.45, 7) is 1.69. The van der Waals surface area contributed by atoms with Crippen LogP contribution >= 0.6 is 0 Å². The van der Waals surface area contributed by atoms with Gasteiger partial charge in [0.25, 0.3) is 5.91 Å². The van der Waals surface area contributed by atoms with Crippen LogP contribution in [0.5, 0.6) is 17.2 Å². The predicted molar refractivity (Wildman–Crippen MR) is 123 cm³/mol. The molecular weight excluding hydrogens is 406 g/mol. The van der Waals surface area contributed by atoms with Crippen LogP contribution in [0.2, 0.25) is 0 Å². The number of rotatable bonds is 7. The molecule has 7 nitrogen and oxygen atoms in total. The van der Waals surface area contributed by atoms with Crippen LogP contribution in [0.1, 0.15) is 6.92 Å². The van der Waals surface area contributed by atoms with Crippen molar-refractivity contribution >= 4 is 22.6 Å². The van der Waals surface area contributed by atoms with Crippen LogP contribution in [0.15, 0.2) is 72.9 Å². The molecular formula is C25H23N3O4. The molecule has 0 aliphatic rings. The highest BCUT2D eigenvalue weighted by molar-refractivity contribution is 5.95. The second kappa shape index (κ2) is 9.34. The lowest BCUT2D eigenvalue weighted by Crippen LogP contribution is -2.30. The molecule has 1 N–H and O–H groups in total. The van der Waals surface area contributed by atoms with Crippen LogP contribution in [0.4, 0.5) is 5.69 Å². The smallest absolute Gasteiger partial charge is 0.265 e. The van der Waals surface area contributed by atoms with Gasteiger partial charge in [0.1, 0.15) is 17.2 Å². The number of benzene rings is 3. The van der Waals surface area contributed by atoms with Gasteiger partial charge in [0.05, 0.1) is 42.8 Å². The number of fused-ring (bicyclic) bond motifs is 1. The minimum absolute atomic E-state index is 0.305. The largest absolute Gasteiger partial charge is 0.497 e. The number of amides is 1. The first kappa shape index (κ1) is 21.1. The normalized spacial score (nSPS) is 11.6. The number of anilines is 1. The first-order valence-electron chi connectivity index (χ1n) is 10.1. The van der Waals surface area contributed by atoms with Crippen LogP contribution in [-0.2, 0) is 4.79 Å². The molecule has 0 spiro atoms. The molecule has 32 heavy (non-hydrogen) atoms. The zero-order valence-corrected chi connectivity index (χ0v) is 18.0. The highest BCUT2D eigenvalue weighted by Gasteiger charge is 2.17. The number of carbonyl (C=O) groups is 1. The molecule has 1 amide bonds. The van der Waals surface area contributed by atoms with Crippen molar-refractivity contribution in [2.45, 2.75) is 13.0 Å². The third-order valence-electron chi connectivity index (χ3n) is 4.95. The topological polar surface area (TPSA) is 82.6 Å². The molecule has 0 aliphatic carbocycles. The summed E-state index contributed by atoms with van der Waals surface area (Å²) in [7, 11) is 3.10. The molecule has 0 saturated heterocycles. The van der Waals surface area contributed by atoms with E-state index in [1.807, 2.05) is 48.5 Å². The van der Waals surface area contributed by atoms with Gasteiger partial charge in [-0.2, -0.15) is 0 Å². The first-order chi connectivity index (χ1) is 15.6. The van der Waals surface area contributed by atoms with E-state index in [0.29, 0.717) is 22.9 Å². The standard InChI is InChI=1S/C25H23N3O4/c1-16(25(29)28-22-14-19(30-2)12-13-24(22)31-3)32-18-10-8-17(9-11-18)23-15-26-20-6-4-5-7-21(20)27-23/h4-16H,1-3H3,(H,28,29)/t16-/m0/s1. The Morgan fingerprint density at radius 1 is 0.906 bits per heavy atom. The maximum atomic E-state index is 12.6. The van der Waals surface area contributed by atoms with Gasteiger partial charge in [0, 0.05) is 11.6 Å². The minimum atomic E-state index is -0.725.